The van der Waals surface area contributed by atoms with Gasteiger partial charge in [0.25, 0.3) is 0 Å². The Morgan fingerprint density at radius 2 is 2.22 bits per heavy atom. The fourth-order valence-electron chi connectivity index (χ4n) is 3.09. The molecule has 0 spiro atoms. The monoisotopic (exact) mass is 328 g/mol. The molecule has 0 bridgehead atoms. The molecule has 6 nitrogen and oxygen atoms in total. The summed E-state index contributed by atoms with van der Waals surface area (Å²) in [4.78, 5) is 10.3. The molecule has 4 rings (SSSR count). The molecule has 1 N–H and O–H groups in total. The standard InChI is InChI=1S/C16H20N6S/c1-3-12-18-14(11-7-9-23-16(11)19-12)17-10(2)15-21-20-13-6-4-5-8-22(13)15/h7,9-10H,3-6,8H2,1-2H3,(H,17,18,19). The van der Waals surface area contributed by atoms with Crippen LogP contribution in [0.3, 0.4) is 0 Å². The summed E-state index contributed by atoms with van der Waals surface area (Å²) >= 11 is 1.65. The van der Waals surface area contributed by atoms with Crippen LogP contribution in [-0.2, 0) is 19.4 Å². The molecule has 1 unspecified atom stereocenters. The molecule has 3 aromatic heterocycles. The van der Waals surface area contributed by atoms with Crippen LogP contribution in [0.1, 0.15) is 50.2 Å². The number of aromatic nitrogens is 5. The van der Waals surface area contributed by atoms with E-state index in [1.54, 1.807) is 11.3 Å². The van der Waals surface area contributed by atoms with Crippen LogP contribution in [0.5, 0.6) is 0 Å². The molecule has 1 aliphatic rings. The van der Waals surface area contributed by atoms with Crippen molar-refractivity contribution in [3.8, 4) is 0 Å². The minimum atomic E-state index is 0.0667. The molecular weight excluding hydrogens is 308 g/mol. The lowest BCUT2D eigenvalue weighted by atomic mass is 10.1. The predicted molar refractivity (Wildman–Crippen MR) is 91.8 cm³/mol. The summed E-state index contributed by atoms with van der Waals surface area (Å²) in [5, 5.41) is 15.4. The number of fused-ring (bicyclic) bond motifs is 2. The lowest BCUT2D eigenvalue weighted by Crippen LogP contribution is -2.18. The Morgan fingerprint density at radius 3 is 3.09 bits per heavy atom. The maximum Gasteiger partial charge on any atom is 0.155 e. The largest absolute Gasteiger partial charge is 0.360 e. The molecule has 4 heterocycles. The average molecular weight is 328 g/mol. The number of rotatable bonds is 4. The van der Waals surface area contributed by atoms with Gasteiger partial charge in [0.1, 0.15) is 22.3 Å². The van der Waals surface area contributed by atoms with Crippen molar-refractivity contribution in [3.63, 3.8) is 0 Å². The van der Waals surface area contributed by atoms with Crippen LogP contribution in [0.15, 0.2) is 11.4 Å². The first-order chi connectivity index (χ1) is 11.3. The van der Waals surface area contributed by atoms with Crippen LogP contribution in [0, 0.1) is 0 Å². The first kappa shape index (κ1) is 14.6. The van der Waals surface area contributed by atoms with Crippen molar-refractivity contribution >= 4 is 27.4 Å². The summed E-state index contributed by atoms with van der Waals surface area (Å²) in [6.45, 7) is 5.22. The third kappa shape index (κ3) is 2.59. The van der Waals surface area contributed by atoms with E-state index in [-0.39, 0.29) is 6.04 Å². The summed E-state index contributed by atoms with van der Waals surface area (Å²) in [5.41, 5.74) is 0. The number of hydrogen-bond donors (Lipinski definition) is 1. The van der Waals surface area contributed by atoms with Crippen molar-refractivity contribution in [2.24, 2.45) is 0 Å². The molecular formula is C16H20N6S. The van der Waals surface area contributed by atoms with E-state index in [2.05, 4.69) is 55.3 Å². The molecule has 1 aliphatic heterocycles. The van der Waals surface area contributed by atoms with E-state index in [0.29, 0.717) is 0 Å². The van der Waals surface area contributed by atoms with E-state index in [0.717, 1.165) is 52.9 Å². The molecule has 120 valence electrons. The molecule has 7 heteroatoms. The van der Waals surface area contributed by atoms with Gasteiger partial charge < -0.3 is 9.88 Å². The van der Waals surface area contributed by atoms with Crippen molar-refractivity contribution in [1.29, 1.82) is 0 Å². The highest BCUT2D eigenvalue weighted by Crippen LogP contribution is 2.28. The first-order valence-corrected chi connectivity index (χ1v) is 9.07. The van der Waals surface area contributed by atoms with Crippen LogP contribution >= 0.6 is 11.3 Å². The molecule has 0 amide bonds. The minimum Gasteiger partial charge on any atom is -0.360 e. The lowest BCUT2D eigenvalue weighted by Gasteiger charge is -2.19. The van der Waals surface area contributed by atoms with Gasteiger partial charge in [-0.05, 0) is 31.2 Å². The number of hydrogen-bond acceptors (Lipinski definition) is 6. The average Bonchev–Trinajstić information content (AvgIpc) is 3.21. The van der Waals surface area contributed by atoms with Crippen molar-refractivity contribution in [2.75, 3.05) is 5.32 Å². The Kier molecular flexibility index (Phi) is 3.72. The molecule has 3 aromatic rings. The number of nitrogens with one attached hydrogen (secondary N) is 1. The smallest absolute Gasteiger partial charge is 0.155 e. The van der Waals surface area contributed by atoms with E-state index in [4.69, 9.17) is 0 Å². The topological polar surface area (TPSA) is 68.5 Å². The second-order valence-corrected chi connectivity index (χ2v) is 6.83. The van der Waals surface area contributed by atoms with Crippen molar-refractivity contribution in [3.05, 3.63) is 28.9 Å². The Bertz CT molecular complexity index is 836. The SMILES string of the molecule is CCc1nc(NC(C)c2nnc3n2CCCC3)c2ccsc2n1. The highest BCUT2D eigenvalue weighted by atomic mass is 32.1. The third-order valence-electron chi connectivity index (χ3n) is 4.32. The fraction of sp³-hybridized carbons (Fsp3) is 0.500. The van der Waals surface area contributed by atoms with Gasteiger partial charge in [-0.1, -0.05) is 6.92 Å². The predicted octanol–water partition coefficient (Wildman–Crippen LogP) is 3.35. The Hall–Kier alpha value is -2.02. The van der Waals surface area contributed by atoms with Gasteiger partial charge in [-0.2, -0.15) is 0 Å². The van der Waals surface area contributed by atoms with Crippen molar-refractivity contribution < 1.29 is 0 Å². The van der Waals surface area contributed by atoms with E-state index in [1.165, 1.54) is 12.8 Å². The maximum atomic E-state index is 4.68. The summed E-state index contributed by atoms with van der Waals surface area (Å²) in [5.74, 6) is 3.88. The highest BCUT2D eigenvalue weighted by Gasteiger charge is 2.21. The lowest BCUT2D eigenvalue weighted by molar-refractivity contribution is 0.500. The summed E-state index contributed by atoms with van der Waals surface area (Å²) < 4.78 is 2.26. The van der Waals surface area contributed by atoms with Crippen molar-refractivity contribution in [2.45, 2.75) is 52.1 Å². The Balaban J connectivity index is 1.67. The van der Waals surface area contributed by atoms with Gasteiger partial charge in [0, 0.05) is 19.4 Å². The zero-order chi connectivity index (χ0) is 15.8. The van der Waals surface area contributed by atoms with E-state index < -0.39 is 0 Å². The van der Waals surface area contributed by atoms with Gasteiger partial charge in [0.2, 0.25) is 0 Å². The molecule has 0 saturated heterocycles. The zero-order valence-electron chi connectivity index (χ0n) is 13.4. The molecule has 0 aromatic carbocycles. The summed E-state index contributed by atoms with van der Waals surface area (Å²) in [6, 6.07) is 2.14. The Labute approximate surface area is 139 Å². The molecule has 23 heavy (non-hydrogen) atoms. The second-order valence-electron chi connectivity index (χ2n) is 5.93. The van der Waals surface area contributed by atoms with Gasteiger partial charge in [0.05, 0.1) is 11.4 Å². The van der Waals surface area contributed by atoms with E-state index >= 15 is 0 Å². The first-order valence-electron chi connectivity index (χ1n) is 8.19. The van der Waals surface area contributed by atoms with Crippen LogP contribution in [-0.4, -0.2) is 24.7 Å². The maximum absolute atomic E-state index is 4.68. The van der Waals surface area contributed by atoms with Gasteiger partial charge in [-0.15, -0.1) is 21.5 Å². The second kappa shape index (κ2) is 5.88. The summed E-state index contributed by atoms with van der Waals surface area (Å²) in [7, 11) is 0. The quantitative estimate of drug-likeness (QED) is 0.795. The van der Waals surface area contributed by atoms with Crippen LogP contribution in [0.2, 0.25) is 0 Å². The summed E-state index contributed by atoms with van der Waals surface area (Å²) in [6.07, 6.45) is 4.27. The van der Waals surface area contributed by atoms with Gasteiger partial charge in [-0.3, -0.25) is 0 Å². The number of nitrogens with zero attached hydrogens (tertiary/aromatic N) is 5. The third-order valence-corrected chi connectivity index (χ3v) is 5.12. The van der Waals surface area contributed by atoms with E-state index in [9.17, 15) is 0 Å². The van der Waals surface area contributed by atoms with Crippen LogP contribution in [0.4, 0.5) is 5.82 Å². The molecule has 1 atom stereocenters. The number of aryl methyl sites for hydroxylation is 2. The molecule has 0 fully saturated rings. The van der Waals surface area contributed by atoms with Gasteiger partial charge in [0.15, 0.2) is 5.82 Å². The van der Waals surface area contributed by atoms with Gasteiger partial charge >= 0.3 is 0 Å². The normalized spacial score (nSPS) is 15.6. The Morgan fingerprint density at radius 1 is 1.30 bits per heavy atom. The zero-order valence-corrected chi connectivity index (χ0v) is 14.2. The van der Waals surface area contributed by atoms with Crippen LogP contribution < -0.4 is 5.32 Å². The molecule has 0 radical (unpaired) electrons. The minimum absolute atomic E-state index is 0.0667. The highest BCUT2D eigenvalue weighted by molar-refractivity contribution is 7.16. The van der Waals surface area contributed by atoms with E-state index in [1.807, 2.05) is 0 Å². The van der Waals surface area contributed by atoms with Crippen molar-refractivity contribution in [1.82, 2.24) is 24.7 Å². The molecule has 0 aliphatic carbocycles. The number of thiophene rings is 1. The van der Waals surface area contributed by atoms with Crippen LogP contribution in [0.25, 0.3) is 10.2 Å². The molecule has 0 saturated carbocycles. The fourth-order valence-corrected chi connectivity index (χ4v) is 3.87. The number of anilines is 1. The van der Waals surface area contributed by atoms with Gasteiger partial charge in [-0.25, -0.2) is 9.97 Å².